The van der Waals surface area contributed by atoms with Crippen molar-refractivity contribution >= 4 is 17.0 Å². The zero-order valence-electron chi connectivity index (χ0n) is 18.4. The lowest BCUT2D eigenvalue weighted by Gasteiger charge is -2.13. The molecule has 2 heterocycles. The average molecular weight is 432 g/mol. The number of methoxy groups -OCH3 is 3. The molecule has 0 saturated carbocycles. The summed E-state index contributed by atoms with van der Waals surface area (Å²) in [4.78, 5) is 15.7. The maximum atomic E-state index is 11.3. The van der Waals surface area contributed by atoms with E-state index in [0.717, 1.165) is 27.8 Å². The highest BCUT2D eigenvalue weighted by molar-refractivity contribution is 5.92. The first-order valence-electron chi connectivity index (χ1n) is 10.1. The van der Waals surface area contributed by atoms with E-state index in [1.807, 2.05) is 48.5 Å². The zero-order chi connectivity index (χ0) is 22.7. The minimum absolute atomic E-state index is 0.0669. The minimum atomic E-state index is -0.0669. The van der Waals surface area contributed by atoms with Gasteiger partial charge in [0.25, 0.3) is 0 Å². The van der Waals surface area contributed by atoms with Crippen molar-refractivity contribution < 1.29 is 23.4 Å². The van der Waals surface area contributed by atoms with Crippen LogP contribution in [-0.2, 0) is 11.3 Å². The second kappa shape index (κ2) is 9.01. The van der Waals surface area contributed by atoms with Gasteiger partial charge >= 0.3 is 0 Å². The van der Waals surface area contributed by atoms with Crippen LogP contribution in [0.3, 0.4) is 0 Å². The number of amides is 1. The molecule has 2 aromatic heterocycles. The molecule has 164 valence electrons. The largest absolute Gasteiger partial charge is 0.493 e. The van der Waals surface area contributed by atoms with Gasteiger partial charge in [-0.1, -0.05) is 18.2 Å². The summed E-state index contributed by atoms with van der Waals surface area (Å²) in [5.74, 6) is 2.17. The van der Waals surface area contributed by atoms with E-state index in [-0.39, 0.29) is 5.91 Å². The molecule has 4 aromatic rings. The smallest absolute Gasteiger partial charge is 0.217 e. The molecule has 0 aliphatic carbocycles. The molecule has 0 atom stereocenters. The van der Waals surface area contributed by atoms with Crippen LogP contribution in [0, 0.1) is 0 Å². The normalized spacial score (nSPS) is 10.8. The molecule has 0 unspecified atom stereocenters. The summed E-state index contributed by atoms with van der Waals surface area (Å²) in [6, 6.07) is 15.5. The van der Waals surface area contributed by atoms with E-state index < -0.39 is 0 Å². The topological polar surface area (TPSA) is 82.8 Å². The summed E-state index contributed by atoms with van der Waals surface area (Å²) in [6.45, 7) is 1.97. The molecule has 0 saturated heterocycles. The number of benzene rings is 2. The fourth-order valence-electron chi connectivity index (χ4n) is 3.61. The number of rotatable bonds is 7. The summed E-state index contributed by atoms with van der Waals surface area (Å²) in [5.41, 5.74) is 5.08. The number of aromatic nitrogens is 1. The van der Waals surface area contributed by atoms with Crippen molar-refractivity contribution in [3.05, 3.63) is 60.3 Å². The van der Waals surface area contributed by atoms with Crippen LogP contribution in [0.25, 0.3) is 33.6 Å². The molecule has 0 spiro atoms. The first-order chi connectivity index (χ1) is 15.5. The van der Waals surface area contributed by atoms with Crippen LogP contribution in [-0.4, -0.2) is 32.2 Å². The van der Waals surface area contributed by atoms with Crippen molar-refractivity contribution in [2.75, 3.05) is 21.3 Å². The number of pyridine rings is 1. The number of carbonyl (C=O) groups excluding carboxylic acids is 1. The molecule has 0 aliphatic rings. The van der Waals surface area contributed by atoms with Gasteiger partial charge in [-0.15, -0.1) is 0 Å². The molecule has 32 heavy (non-hydrogen) atoms. The lowest BCUT2D eigenvalue weighted by molar-refractivity contribution is -0.119. The van der Waals surface area contributed by atoms with E-state index in [4.69, 9.17) is 18.6 Å². The third-order valence-electron chi connectivity index (χ3n) is 5.14. The molecular weight excluding hydrogens is 408 g/mol. The van der Waals surface area contributed by atoms with E-state index >= 15 is 0 Å². The molecule has 0 fully saturated rings. The SMILES string of the molecule is COc1cc(-c2cc3nccc(-c4cccc(CNC(C)=O)c4)c3o2)cc(OC)c1OC. The van der Waals surface area contributed by atoms with E-state index in [1.54, 1.807) is 27.5 Å². The van der Waals surface area contributed by atoms with E-state index in [9.17, 15) is 4.79 Å². The van der Waals surface area contributed by atoms with E-state index in [2.05, 4.69) is 10.3 Å². The van der Waals surface area contributed by atoms with Crippen LogP contribution >= 0.6 is 0 Å². The first kappa shape index (κ1) is 21.2. The summed E-state index contributed by atoms with van der Waals surface area (Å²) in [7, 11) is 4.72. The van der Waals surface area contributed by atoms with Gasteiger partial charge in [-0.25, -0.2) is 0 Å². The van der Waals surface area contributed by atoms with Crippen LogP contribution < -0.4 is 19.5 Å². The Kier molecular flexibility index (Phi) is 5.98. The molecule has 7 heteroatoms. The quantitative estimate of drug-likeness (QED) is 0.451. The Hall–Kier alpha value is -4.00. The van der Waals surface area contributed by atoms with Crippen molar-refractivity contribution in [3.8, 4) is 39.7 Å². The van der Waals surface area contributed by atoms with Crippen LogP contribution in [0.4, 0.5) is 0 Å². The van der Waals surface area contributed by atoms with Crippen LogP contribution in [0.15, 0.2) is 59.1 Å². The lowest BCUT2D eigenvalue weighted by Crippen LogP contribution is -2.18. The highest BCUT2D eigenvalue weighted by Gasteiger charge is 2.18. The number of hydrogen-bond acceptors (Lipinski definition) is 6. The second-order valence-electron chi connectivity index (χ2n) is 7.21. The van der Waals surface area contributed by atoms with Gasteiger partial charge in [0, 0.05) is 36.9 Å². The Morgan fingerprint density at radius 1 is 0.969 bits per heavy atom. The maximum absolute atomic E-state index is 11.3. The van der Waals surface area contributed by atoms with Gasteiger partial charge < -0.3 is 23.9 Å². The van der Waals surface area contributed by atoms with Crippen molar-refractivity contribution in [2.24, 2.45) is 0 Å². The summed E-state index contributed by atoms with van der Waals surface area (Å²) >= 11 is 0. The van der Waals surface area contributed by atoms with Crippen molar-refractivity contribution in [1.82, 2.24) is 10.3 Å². The van der Waals surface area contributed by atoms with Gasteiger partial charge in [-0.2, -0.15) is 0 Å². The standard InChI is InChI=1S/C25H24N2O5/c1-15(28)27-14-16-6-5-7-17(10-16)19-8-9-26-20-13-21(32-24(19)20)18-11-22(29-2)25(31-4)23(12-18)30-3/h5-13H,14H2,1-4H3,(H,27,28). The molecular formula is C25H24N2O5. The highest BCUT2D eigenvalue weighted by atomic mass is 16.5. The van der Waals surface area contributed by atoms with Crippen LogP contribution in [0.2, 0.25) is 0 Å². The number of fused-ring (bicyclic) bond motifs is 1. The van der Waals surface area contributed by atoms with Gasteiger partial charge in [0.2, 0.25) is 11.7 Å². The molecule has 2 aromatic carbocycles. The summed E-state index contributed by atoms with van der Waals surface area (Å²) in [6.07, 6.45) is 1.76. The molecule has 0 aliphatic heterocycles. The van der Waals surface area contributed by atoms with Gasteiger partial charge in [0.05, 0.1) is 21.3 Å². The van der Waals surface area contributed by atoms with Crippen molar-refractivity contribution in [1.29, 1.82) is 0 Å². The van der Waals surface area contributed by atoms with E-state index in [0.29, 0.717) is 35.1 Å². The molecule has 0 bridgehead atoms. The fraction of sp³-hybridized carbons (Fsp3) is 0.200. The Morgan fingerprint density at radius 2 is 1.72 bits per heavy atom. The lowest BCUT2D eigenvalue weighted by atomic mass is 10.0. The molecule has 4 rings (SSSR count). The number of nitrogens with one attached hydrogen (secondary N) is 1. The predicted molar refractivity (Wildman–Crippen MR) is 122 cm³/mol. The van der Waals surface area contributed by atoms with Gasteiger partial charge in [-0.3, -0.25) is 9.78 Å². The average Bonchev–Trinajstić information content (AvgIpc) is 3.26. The van der Waals surface area contributed by atoms with Crippen LogP contribution in [0.5, 0.6) is 17.2 Å². The van der Waals surface area contributed by atoms with Crippen LogP contribution in [0.1, 0.15) is 12.5 Å². The number of ether oxygens (including phenoxy) is 3. The third-order valence-corrected chi connectivity index (χ3v) is 5.14. The monoisotopic (exact) mass is 432 g/mol. The number of furan rings is 1. The molecule has 1 amide bonds. The summed E-state index contributed by atoms with van der Waals surface area (Å²) < 4.78 is 22.6. The predicted octanol–water partition coefficient (Wildman–Crippen LogP) is 4.82. The number of nitrogens with zero attached hydrogens (tertiary/aromatic N) is 1. The Bertz CT molecular complexity index is 1250. The number of carbonyl (C=O) groups is 1. The van der Waals surface area contributed by atoms with Crippen molar-refractivity contribution in [2.45, 2.75) is 13.5 Å². The molecule has 0 radical (unpaired) electrons. The van der Waals surface area contributed by atoms with Gasteiger partial charge in [-0.05, 0) is 35.4 Å². The van der Waals surface area contributed by atoms with E-state index in [1.165, 1.54) is 6.92 Å². The van der Waals surface area contributed by atoms with Crippen molar-refractivity contribution in [3.63, 3.8) is 0 Å². The Labute approximate surface area is 185 Å². The maximum Gasteiger partial charge on any atom is 0.217 e. The molecule has 1 N–H and O–H groups in total. The highest BCUT2D eigenvalue weighted by Crippen LogP contribution is 2.42. The van der Waals surface area contributed by atoms with Gasteiger partial charge in [0.1, 0.15) is 11.3 Å². The zero-order valence-corrected chi connectivity index (χ0v) is 18.4. The first-order valence-corrected chi connectivity index (χ1v) is 10.1. The third kappa shape index (κ3) is 4.09. The molecule has 7 nitrogen and oxygen atoms in total. The minimum Gasteiger partial charge on any atom is -0.493 e. The second-order valence-corrected chi connectivity index (χ2v) is 7.21. The Morgan fingerprint density at radius 3 is 2.38 bits per heavy atom. The van der Waals surface area contributed by atoms with Gasteiger partial charge in [0.15, 0.2) is 17.1 Å². The Balaban J connectivity index is 1.79. The number of hydrogen-bond donors (Lipinski definition) is 1. The fourth-order valence-corrected chi connectivity index (χ4v) is 3.61. The summed E-state index contributed by atoms with van der Waals surface area (Å²) in [5, 5.41) is 2.83.